The Balaban J connectivity index is 2.42. The van der Waals surface area contributed by atoms with E-state index in [2.05, 4.69) is 36.4 Å². The van der Waals surface area contributed by atoms with Crippen LogP contribution in [0.5, 0.6) is 0 Å². The summed E-state index contributed by atoms with van der Waals surface area (Å²) in [5.74, 6) is 0. The fourth-order valence-electron chi connectivity index (χ4n) is 1.28. The van der Waals surface area contributed by atoms with Crippen LogP contribution in [-0.2, 0) is 0 Å². The smallest absolute Gasteiger partial charge is 0.237 e. The van der Waals surface area contributed by atoms with Crippen molar-refractivity contribution >= 4 is 38.4 Å². The van der Waals surface area contributed by atoms with Gasteiger partial charge in [0.2, 0.25) is 5.71 Å². The number of anilines is 1. The fourth-order valence-corrected chi connectivity index (χ4v) is 1.81. The van der Waals surface area contributed by atoms with Crippen molar-refractivity contribution in [3.05, 3.63) is 29.0 Å². The first-order chi connectivity index (χ1) is 8.76. The lowest BCUT2D eigenvalue weighted by atomic mass is 10.2. The van der Waals surface area contributed by atoms with Gasteiger partial charge in [-0.3, -0.25) is 15.4 Å². The summed E-state index contributed by atoms with van der Waals surface area (Å²) >= 11 is 3.38. The Hall–Kier alpha value is -2.51. The Morgan fingerprint density at radius 2 is 1.94 bits per heavy atom. The number of nitrogens with zero attached hydrogens (tertiary/aromatic N) is 5. The summed E-state index contributed by atoms with van der Waals surface area (Å²) in [5.41, 5.74) is 4.40. The molecule has 0 aliphatic heterocycles. The van der Waals surface area contributed by atoms with Crippen LogP contribution in [0, 0.1) is 22.7 Å². The topological polar surface area (TPSA) is 97.8 Å². The zero-order chi connectivity index (χ0) is 13.0. The maximum absolute atomic E-state index is 8.57. The highest BCUT2D eigenvalue weighted by molar-refractivity contribution is 9.10. The van der Waals surface area contributed by atoms with Gasteiger partial charge in [0.25, 0.3) is 0 Å². The Labute approximate surface area is 111 Å². The van der Waals surface area contributed by atoms with Crippen LogP contribution in [0.15, 0.2) is 34.1 Å². The van der Waals surface area contributed by atoms with Crippen molar-refractivity contribution in [3.63, 3.8) is 0 Å². The lowest BCUT2D eigenvalue weighted by molar-refractivity contribution is 1.27. The molecule has 0 radical (unpaired) electrons. The summed E-state index contributed by atoms with van der Waals surface area (Å²) < 4.78 is 0.673. The van der Waals surface area contributed by atoms with E-state index in [1.54, 1.807) is 36.7 Å². The maximum atomic E-state index is 8.57. The average molecular weight is 301 g/mol. The number of rotatable bonds is 2. The van der Waals surface area contributed by atoms with Crippen molar-refractivity contribution in [2.75, 3.05) is 5.43 Å². The molecular weight excluding hydrogens is 296 g/mol. The van der Waals surface area contributed by atoms with E-state index in [4.69, 9.17) is 10.5 Å². The van der Waals surface area contributed by atoms with Gasteiger partial charge in [-0.15, -0.1) is 0 Å². The molecule has 0 spiro atoms. The van der Waals surface area contributed by atoms with E-state index in [9.17, 15) is 0 Å². The van der Waals surface area contributed by atoms with Gasteiger partial charge in [0.15, 0.2) is 0 Å². The molecular formula is C11H5BrN6. The minimum atomic E-state index is -0.249. The van der Waals surface area contributed by atoms with E-state index in [1.807, 2.05) is 0 Å². The highest BCUT2D eigenvalue weighted by Crippen LogP contribution is 2.28. The van der Waals surface area contributed by atoms with Gasteiger partial charge < -0.3 is 0 Å². The van der Waals surface area contributed by atoms with Crippen molar-refractivity contribution in [3.8, 4) is 12.1 Å². The SMILES string of the molecule is N#CC(C#N)=NNc1ccc2nccnc2c1Br. The Kier molecular flexibility index (Phi) is 3.46. The maximum Gasteiger partial charge on any atom is 0.237 e. The van der Waals surface area contributed by atoms with Crippen LogP contribution in [0.25, 0.3) is 11.0 Å². The molecule has 0 saturated carbocycles. The Morgan fingerprint density at radius 3 is 2.67 bits per heavy atom. The summed E-state index contributed by atoms with van der Waals surface area (Å²) in [6.07, 6.45) is 3.18. The minimum absolute atomic E-state index is 0.249. The van der Waals surface area contributed by atoms with Gasteiger partial charge in [0.1, 0.15) is 17.7 Å². The van der Waals surface area contributed by atoms with E-state index in [1.165, 1.54) is 0 Å². The molecule has 86 valence electrons. The molecule has 1 N–H and O–H groups in total. The van der Waals surface area contributed by atoms with Gasteiger partial charge in [-0.25, -0.2) is 0 Å². The summed E-state index contributed by atoms with van der Waals surface area (Å²) in [6, 6.07) is 6.82. The van der Waals surface area contributed by atoms with Gasteiger partial charge in [-0.2, -0.15) is 15.6 Å². The fraction of sp³-hybridized carbons (Fsp3) is 0. The molecule has 1 aromatic carbocycles. The Bertz CT molecular complexity index is 694. The number of halogens is 1. The summed E-state index contributed by atoms with van der Waals surface area (Å²) in [5, 5.41) is 20.8. The van der Waals surface area contributed by atoms with Crippen LogP contribution >= 0.6 is 15.9 Å². The molecule has 2 rings (SSSR count). The molecule has 0 saturated heterocycles. The third-order valence-electron chi connectivity index (χ3n) is 2.08. The molecule has 2 aromatic rings. The minimum Gasteiger partial charge on any atom is -0.275 e. The molecule has 0 fully saturated rings. The lowest BCUT2D eigenvalue weighted by Crippen LogP contribution is -1.97. The van der Waals surface area contributed by atoms with Gasteiger partial charge >= 0.3 is 0 Å². The van der Waals surface area contributed by atoms with Crippen molar-refractivity contribution in [1.29, 1.82) is 10.5 Å². The standard InChI is InChI=1S/C11H5BrN6/c12-10-8(18-17-7(5-13)6-14)1-2-9-11(10)16-4-3-15-9/h1-4,18H. The number of benzene rings is 1. The van der Waals surface area contributed by atoms with E-state index in [0.29, 0.717) is 15.7 Å². The van der Waals surface area contributed by atoms with Crippen molar-refractivity contribution < 1.29 is 0 Å². The first-order valence-corrected chi connectivity index (χ1v) is 5.58. The summed E-state index contributed by atoms with van der Waals surface area (Å²) in [7, 11) is 0. The Morgan fingerprint density at radius 1 is 1.22 bits per heavy atom. The van der Waals surface area contributed by atoms with Crippen LogP contribution in [0.1, 0.15) is 0 Å². The second-order valence-electron chi connectivity index (χ2n) is 3.15. The number of nitrogens with one attached hydrogen (secondary N) is 1. The zero-order valence-corrected chi connectivity index (χ0v) is 10.5. The number of hydrogen-bond donors (Lipinski definition) is 1. The number of hydrogen-bond acceptors (Lipinski definition) is 6. The van der Waals surface area contributed by atoms with E-state index in [-0.39, 0.29) is 5.71 Å². The predicted octanol–water partition coefficient (Wildman–Crippen LogP) is 2.21. The third kappa shape index (κ3) is 2.26. The number of aromatic nitrogens is 2. The molecule has 0 unspecified atom stereocenters. The molecule has 1 heterocycles. The average Bonchev–Trinajstić information content (AvgIpc) is 2.42. The molecule has 0 amide bonds. The highest BCUT2D eigenvalue weighted by atomic mass is 79.9. The molecule has 0 atom stereocenters. The zero-order valence-electron chi connectivity index (χ0n) is 8.92. The molecule has 1 aromatic heterocycles. The van der Waals surface area contributed by atoms with Crippen LogP contribution < -0.4 is 5.43 Å². The molecule has 7 heteroatoms. The van der Waals surface area contributed by atoms with Crippen LogP contribution in [0.2, 0.25) is 0 Å². The molecule has 0 aliphatic rings. The van der Waals surface area contributed by atoms with Crippen LogP contribution in [0.3, 0.4) is 0 Å². The monoisotopic (exact) mass is 300 g/mol. The number of nitriles is 2. The molecule has 6 nitrogen and oxygen atoms in total. The van der Waals surface area contributed by atoms with Crippen molar-refractivity contribution in [2.24, 2.45) is 5.10 Å². The molecule has 18 heavy (non-hydrogen) atoms. The van der Waals surface area contributed by atoms with E-state index < -0.39 is 0 Å². The first kappa shape index (κ1) is 12.0. The summed E-state index contributed by atoms with van der Waals surface area (Å²) in [4.78, 5) is 8.33. The quantitative estimate of drug-likeness (QED) is 0.677. The van der Waals surface area contributed by atoms with Gasteiger partial charge in [-0.1, -0.05) is 0 Å². The lowest BCUT2D eigenvalue weighted by Gasteiger charge is -2.05. The van der Waals surface area contributed by atoms with Crippen molar-refractivity contribution in [1.82, 2.24) is 9.97 Å². The second kappa shape index (κ2) is 5.21. The van der Waals surface area contributed by atoms with Gasteiger partial charge in [0.05, 0.1) is 15.7 Å². The molecule has 0 bridgehead atoms. The first-order valence-electron chi connectivity index (χ1n) is 4.79. The predicted molar refractivity (Wildman–Crippen MR) is 69.5 cm³/mol. The van der Waals surface area contributed by atoms with Crippen LogP contribution in [0.4, 0.5) is 5.69 Å². The normalized spacial score (nSPS) is 9.28. The van der Waals surface area contributed by atoms with Gasteiger partial charge in [-0.05, 0) is 28.1 Å². The van der Waals surface area contributed by atoms with E-state index in [0.717, 1.165) is 5.52 Å². The van der Waals surface area contributed by atoms with E-state index >= 15 is 0 Å². The second-order valence-corrected chi connectivity index (χ2v) is 3.94. The summed E-state index contributed by atoms with van der Waals surface area (Å²) in [6.45, 7) is 0. The van der Waals surface area contributed by atoms with Gasteiger partial charge in [0, 0.05) is 12.4 Å². The third-order valence-corrected chi connectivity index (χ3v) is 2.88. The largest absolute Gasteiger partial charge is 0.275 e. The van der Waals surface area contributed by atoms with Crippen LogP contribution in [-0.4, -0.2) is 15.7 Å². The molecule has 0 aliphatic carbocycles. The van der Waals surface area contributed by atoms with Crippen molar-refractivity contribution in [2.45, 2.75) is 0 Å². The number of fused-ring (bicyclic) bond motifs is 1. The highest BCUT2D eigenvalue weighted by Gasteiger charge is 2.06. The number of hydrazone groups is 1.